The number of carbonyl (C=O) groups excluding carboxylic acids is 2. The molecule has 26 heavy (non-hydrogen) atoms. The predicted octanol–water partition coefficient (Wildman–Crippen LogP) is 3.79. The van der Waals surface area contributed by atoms with Gasteiger partial charge in [0, 0.05) is 24.1 Å². The van der Waals surface area contributed by atoms with Gasteiger partial charge in [-0.2, -0.15) is 0 Å². The van der Waals surface area contributed by atoms with Crippen molar-refractivity contribution in [3.8, 4) is 5.75 Å². The van der Waals surface area contributed by atoms with E-state index in [9.17, 15) is 14.0 Å². The summed E-state index contributed by atoms with van der Waals surface area (Å²) in [6.45, 7) is 1.94. The van der Waals surface area contributed by atoms with Gasteiger partial charge in [-0.25, -0.2) is 4.39 Å². The van der Waals surface area contributed by atoms with Crippen molar-refractivity contribution < 1.29 is 18.7 Å². The number of hydrogen-bond donors (Lipinski definition) is 1. The van der Waals surface area contributed by atoms with Gasteiger partial charge in [0.2, 0.25) is 11.8 Å². The molecule has 0 bridgehead atoms. The quantitative estimate of drug-likeness (QED) is 0.883. The number of halogens is 2. The Morgan fingerprint density at radius 3 is 2.77 bits per heavy atom. The first kappa shape index (κ1) is 18.2. The average Bonchev–Trinajstić information content (AvgIpc) is 3.00. The Kier molecular flexibility index (Phi) is 5.13. The third kappa shape index (κ3) is 3.51. The molecule has 0 aliphatic carbocycles. The molecule has 1 fully saturated rings. The molecule has 3 rings (SSSR count). The molecule has 0 saturated carbocycles. The number of para-hydroxylation sites is 1. The zero-order valence-corrected chi connectivity index (χ0v) is 15.1. The summed E-state index contributed by atoms with van der Waals surface area (Å²) < 4.78 is 19.2. The van der Waals surface area contributed by atoms with Crippen LogP contribution in [0.15, 0.2) is 36.4 Å². The summed E-state index contributed by atoms with van der Waals surface area (Å²) in [4.78, 5) is 26.2. The smallest absolute Gasteiger partial charge is 0.229 e. The zero-order chi connectivity index (χ0) is 18.8. The van der Waals surface area contributed by atoms with Crippen molar-refractivity contribution in [3.05, 3.63) is 52.8 Å². The molecule has 136 valence electrons. The van der Waals surface area contributed by atoms with E-state index in [0.29, 0.717) is 16.5 Å². The van der Waals surface area contributed by atoms with Gasteiger partial charge in [-0.3, -0.25) is 9.59 Å². The number of ether oxygens (including phenoxy) is 1. The average molecular weight is 377 g/mol. The largest absolute Gasteiger partial charge is 0.495 e. The maximum absolute atomic E-state index is 13.9. The van der Waals surface area contributed by atoms with Crippen molar-refractivity contribution in [1.82, 2.24) is 0 Å². The van der Waals surface area contributed by atoms with Gasteiger partial charge in [0.1, 0.15) is 11.6 Å². The molecule has 1 N–H and O–H groups in total. The van der Waals surface area contributed by atoms with E-state index in [1.54, 1.807) is 24.3 Å². The lowest BCUT2D eigenvalue weighted by molar-refractivity contribution is -0.122. The van der Waals surface area contributed by atoms with Gasteiger partial charge in [-0.15, -0.1) is 0 Å². The fraction of sp³-hybridized carbons (Fsp3) is 0.263. The number of amides is 2. The van der Waals surface area contributed by atoms with Crippen LogP contribution < -0.4 is 15.0 Å². The highest BCUT2D eigenvalue weighted by Crippen LogP contribution is 2.33. The molecule has 2 aromatic rings. The molecule has 1 atom stereocenters. The maximum Gasteiger partial charge on any atom is 0.229 e. The van der Waals surface area contributed by atoms with Crippen molar-refractivity contribution in [2.45, 2.75) is 13.3 Å². The third-order valence-electron chi connectivity index (χ3n) is 4.38. The Morgan fingerprint density at radius 1 is 1.35 bits per heavy atom. The molecule has 0 unspecified atom stereocenters. The van der Waals surface area contributed by atoms with E-state index in [4.69, 9.17) is 16.3 Å². The molecule has 2 aromatic carbocycles. The van der Waals surface area contributed by atoms with Crippen molar-refractivity contribution in [2.24, 2.45) is 5.92 Å². The molecule has 0 radical (unpaired) electrons. The lowest BCUT2D eigenvalue weighted by Gasteiger charge is -2.18. The molecule has 0 spiro atoms. The monoisotopic (exact) mass is 376 g/mol. The molecule has 2 amide bonds. The van der Waals surface area contributed by atoms with Crippen LogP contribution in [-0.4, -0.2) is 25.5 Å². The Hall–Kier alpha value is -2.60. The van der Waals surface area contributed by atoms with Crippen molar-refractivity contribution >= 4 is 34.8 Å². The third-order valence-corrected chi connectivity index (χ3v) is 4.78. The number of nitrogens with zero attached hydrogens (tertiary/aromatic N) is 1. The second-order valence-electron chi connectivity index (χ2n) is 6.15. The Labute approximate surface area is 155 Å². The standard InChI is InChI=1S/C19H18ClFN2O3/c1-11-7-15(17(26-2)9-13(11)20)22-19(25)12-8-18(24)23(10-12)16-6-4-3-5-14(16)21/h3-7,9,12H,8,10H2,1-2H3,(H,22,25)/t12-/m1/s1. The minimum Gasteiger partial charge on any atom is -0.495 e. The van der Waals surface area contributed by atoms with Gasteiger partial charge < -0.3 is 15.0 Å². The highest BCUT2D eigenvalue weighted by Gasteiger charge is 2.36. The second-order valence-corrected chi connectivity index (χ2v) is 6.55. The van der Waals surface area contributed by atoms with Crippen LogP contribution in [0.25, 0.3) is 0 Å². The van der Waals surface area contributed by atoms with Crippen LogP contribution in [0.2, 0.25) is 5.02 Å². The van der Waals surface area contributed by atoms with Crippen molar-refractivity contribution in [2.75, 3.05) is 23.9 Å². The molecular formula is C19H18ClFN2O3. The van der Waals surface area contributed by atoms with Crippen LogP contribution in [0.4, 0.5) is 15.8 Å². The van der Waals surface area contributed by atoms with Gasteiger partial charge in [0.15, 0.2) is 0 Å². The topological polar surface area (TPSA) is 58.6 Å². The molecule has 1 saturated heterocycles. The number of methoxy groups -OCH3 is 1. The predicted molar refractivity (Wildman–Crippen MR) is 98.2 cm³/mol. The number of carbonyl (C=O) groups is 2. The molecule has 1 aliphatic rings. The second kappa shape index (κ2) is 7.33. The van der Waals surface area contributed by atoms with Crippen molar-refractivity contribution in [3.63, 3.8) is 0 Å². The Balaban J connectivity index is 1.77. The fourth-order valence-corrected chi connectivity index (χ4v) is 3.10. The first-order chi connectivity index (χ1) is 12.4. The van der Waals surface area contributed by atoms with E-state index >= 15 is 0 Å². The number of nitrogens with one attached hydrogen (secondary N) is 1. The van der Waals surface area contributed by atoms with E-state index in [-0.39, 0.29) is 30.5 Å². The number of benzene rings is 2. The molecule has 1 aliphatic heterocycles. The maximum atomic E-state index is 13.9. The van der Waals surface area contributed by atoms with E-state index in [1.807, 2.05) is 6.92 Å². The van der Waals surface area contributed by atoms with Crippen LogP contribution >= 0.6 is 11.6 Å². The van der Waals surface area contributed by atoms with Gasteiger partial charge in [0.25, 0.3) is 0 Å². The Bertz CT molecular complexity index is 872. The van der Waals surface area contributed by atoms with Crippen LogP contribution in [0.5, 0.6) is 5.75 Å². The molecule has 5 nitrogen and oxygen atoms in total. The van der Waals surface area contributed by atoms with Crippen LogP contribution in [0.1, 0.15) is 12.0 Å². The number of aryl methyl sites for hydroxylation is 1. The summed E-state index contributed by atoms with van der Waals surface area (Å²) in [5, 5.41) is 3.31. The minimum absolute atomic E-state index is 0.0229. The summed E-state index contributed by atoms with van der Waals surface area (Å²) in [5.41, 5.74) is 1.46. The lowest BCUT2D eigenvalue weighted by atomic mass is 10.1. The Morgan fingerprint density at radius 2 is 2.08 bits per heavy atom. The SMILES string of the molecule is COc1cc(Cl)c(C)cc1NC(=O)[C@@H]1CC(=O)N(c2ccccc2F)C1. The lowest BCUT2D eigenvalue weighted by Crippen LogP contribution is -2.28. The zero-order valence-electron chi connectivity index (χ0n) is 14.4. The van der Waals surface area contributed by atoms with Gasteiger partial charge in [0.05, 0.1) is 24.4 Å². The normalized spacial score (nSPS) is 16.7. The molecular weight excluding hydrogens is 359 g/mol. The summed E-state index contributed by atoms with van der Waals surface area (Å²) in [5.74, 6) is -1.24. The van der Waals surface area contributed by atoms with Crippen molar-refractivity contribution in [1.29, 1.82) is 0 Å². The molecule has 1 heterocycles. The first-order valence-corrected chi connectivity index (χ1v) is 8.48. The van der Waals surface area contributed by atoms with E-state index in [1.165, 1.54) is 24.1 Å². The first-order valence-electron chi connectivity index (χ1n) is 8.10. The van der Waals surface area contributed by atoms with Crippen LogP contribution in [0.3, 0.4) is 0 Å². The highest BCUT2D eigenvalue weighted by molar-refractivity contribution is 6.31. The van der Waals surface area contributed by atoms with Gasteiger partial charge in [-0.1, -0.05) is 23.7 Å². The van der Waals surface area contributed by atoms with Crippen LogP contribution in [-0.2, 0) is 9.59 Å². The van der Waals surface area contributed by atoms with E-state index < -0.39 is 11.7 Å². The van der Waals surface area contributed by atoms with E-state index in [0.717, 1.165) is 5.56 Å². The summed E-state index contributed by atoms with van der Waals surface area (Å²) in [6.07, 6.45) is 0.0229. The molecule has 7 heteroatoms. The van der Waals surface area contributed by atoms with Crippen LogP contribution in [0, 0.1) is 18.7 Å². The number of anilines is 2. The highest BCUT2D eigenvalue weighted by atomic mass is 35.5. The minimum atomic E-state index is -0.581. The summed E-state index contributed by atoms with van der Waals surface area (Å²) in [7, 11) is 1.48. The van der Waals surface area contributed by atoms with Gasteiger partial charge in [-0.05, 0) is 30.7 Å². The summed E-state index contributed by atoms with van der Waals surface area (Å²) in [6, 6.07) is 9.36. The number of rotatable bonds is 4. The molecule has 0 aromatic heterocycles. The fourth-order valence-electron chi connectivity index (χ4n) is 2.95. The van der Waals surface area contributed by atoms with E-state index in [2.05, 4.69) is 5.32 Å². The van der Waals surface area contributed by atoms with Gasteiger partial charge >= 0.3 is 0 Å². The number of hydrogen-bond acceptors (Lipinski definition) is 3. The summed E-state index contributed by atoms with van der Waals surface area (Å²) >= 11 is 6.07.